The average molecular weight is 499 g/mol. The van der Waals surface area contributed by atoms with Gasteiger partial charge in [0.1, 0.15) is 5.82 Å². The van der Waals surface area contributed by atoms with Gasteiger partial charge < -0.3 is 15.2 Å². The van der Waals surface area contributed by atoms with E-state index in [1.54, 1.807) is 7.05 Å². The number of nitrogens with one attached hydrogen (secondary N) is 2. The normalized spacial score (nSPS) is 18.2. The first-order valence-corrected chi connectivity index (χ1v) is 12.8. The molecule has 0 spiro atoms. The number of aromatic nitrogens is 3. The average Bonchev–Trinajstić information content (AvgIpc) is 3.70. The molecule has 5 rings (SSSR count). The van der Waals surface area contributed by atoms with Crippen LogP contribution in [0, 0.1) is 5.92 Å². The number of hydrogen-bond acceptors (Lipinski definition) is 7. The number of rotatable bonds is 8. The Labute approximate surface area is 217 Å². The number of aliphatic imine (C=N–C) groups is 2. The zero-order valence-electron chi connectivity index (χ0n) is 21.7. The smallest absolute Gasteiger partial charge is 0.225 e. The lowest BCUT2D eigenvalue weighted by molar-refractivity contribution is -0.134. The number of carbonyl (C=O) groups is 1. The van der Waals surface area contributed by atoms with Crippen molar-refractivity contribution in [2.45, 2.75) is 32.7 Å². The first-order chi connectivity index (χ1) is 17.9. The maximum absolute atomic E-state index is 12.4. The van der Waals surface area contributed by atoms with E-state index in [1.807, 2.05) is 42.3 Å². The van der Waals surface area contributed by atoms with Crippen molar-refractivity contribution in [1.29, 1.82) is 0 Å². The number of nitrogens with zero attached hydrogens (tertiary/aromatic N) is 6. The van der Waals surface area contributed by atoms with E-state index < -0.39 is 0 Å². The molecule has 9 nitrogen and oxygen atoms in total. The summed E-state index contributed by atoms with van der Waals surface area (Å²) in [6.45, 7) is 11.2. The summed E-state index contributed by atoms with van der Waals surface area (Å²) in [7, 11) is 1.75. The standard InChI is InChI=1S/C28H34N8O/c1-18(29-3)15-24(30-4)22-7-8-23-25(16-22)33-28(32-23)34-26-17-21(9-10-31-26)19(2)35-11-13-36(14-12-35)27(37)20-5-6-20/h7-10,15-17,19-20H,4-6,11-14H2,1-3H3,(H2,31,32,33,34)/b24-15-,29-18?. The SMILES string of the molecule is C=N/C(=C\C(C)=NC)c1ccc2nc(Nc3cc(C(C)N4CCN(C(=O)C5CC5)CC4)ccn3)[nH]c2c1. The number of carbonyl (C=O) groups excluding carboxylic acids is 1. The molecule has 0 radical (unpaired) electrons. The maximum Gasteiger partial charge on any atom is 0.225 e. The number of piperazine rings is 1. The number of aromatic amines is 1. The molecule has 1 unspecified atom stereocenters. The molecule has 3 aromatic rings. The molecule has 1 amide bonds. The van der Waals surface area contributed by atoms with Crippen LogP contribution < -0.4 is 5.32 Å². The predicted octanol–water partition coefficient (Wildman–Crippen LogP) is 4.45. The van der Waals surface area contributed by atoms with E-state index in [-0.39, 0.29) is 6.04 Å². The second-order valence-corrected chi connectivity index (χ2v) is 9.78. The highest BCUT2D eigenvalue weighted by Crippen LogP contribution is 2.32. The lowest BCUT2D eigenvalue weighted by Crippen LogP contribution is -2.49. The summed E-state index contributed by atoms with van der Waals surface area (Å²) >= 11 is 0. The first-order valence-electron chi connectivity index (χ1n) is 12.8. The zero-order chi connectivity index (χ0) is 25.9. The van der Waals surface area contributed by atoms with Crippen LogP contribution in [0.2, 0.25) is 0 Å². The number of amides is 1. The Bertz CT molecular complexity index is 1360. The highest BCUT2D eigenvalue weighted by atomic mass is 16.2. The monoisotopic (exact) mass is 498 g/mol. The van der Waals surface area contributed by atoms with Gasteiger partial charge >= 0.3 is 0 Å². The van der Waals surface area contributed by atoms with Gasteiger partial charge in [-0.05, 0) is 69.3 Å². The van der Waals surface area contributed by atoms with E-state index in [2.05, 4.69) is 60.9 Å². The van der Waals surface area contributed by atoms with E-state index >= 15 is 0 Å². The van der Waals surface area contributed by atoms with Crippen LogP contribution in [0.15, 0.2) is 52.6 Å². The van der Waals surface area contributed by atoms with E-state index in [0.29, 0.717) is 17.8 Å². The molecule has 2 aromatic heterocycles. The number of fused-ring (bicyclic) bond motifs is 1. The molecule has 1 aliphatic carbocycles. The Morgan fingerprint density at radius 3 is 2.70 bits per heavy atom. The van der Waals surface area contributed by atoms with E-state index in [0.717, 1.165) is 72.8 Å². The van der Waals surface area contributed by atoms with Crippen molar-refractivity contribution in [3.63, 3.8) is 0 Å². The van der Waals surface area contributed by atoms with Gasteiger partial charge in [-0.1, -0.05) is 6.07 Å². The second-order valence-electron chi connectivity index (χ2n) is 9.78. The lowest BCUT2D eigenvalue weighted by atomic mass is 10.1. The molecule has 9 heteroatoms. The van der Waals surface area contributed by atoms with Crippen molar-refractivity contribution >= 4 is 46.8 Å². The van der Waals surface area contributed by atoms with Gasteiger partial charge in [-0.15, -0.1) is 0 Å². The fraction of sp³-hybridized carbons (Fsp3) is 0.393. The second kappa shape index (κ2) is 10.6. The highest BCUT2D eigenvalue weighted by molar-refractivity contribution is 6.00. The molecular formula is C28H34N8O. The predicted molar refractivity (Wildman–Crippen MR) is 149 cm³/mol. The molecule has 2 fully saturated rings. The minimum Gasteiger partial charge on any atom is -0.340 e. The van der Waals surface area contributed by atoms with Crippen LogP contribution in [0.4, 0.5) is 11.8 Å². The maximum atomic E-state index is 12.4. The quantitative estimate of drug-likeness (QED) is 0.447. The summed E-state index contributed by atoms with van der Waals surface area (Å²) in [5.41, 5.74) is 5.49. The molecule has 1 saturated carbocycles. The van der Waals surface area contributed by atoms with Crippen LogP contribution in [-0.2, 0) is 4.79 Å². The molecular weight excluding hydrogens is 464 g/mol. The third-order valence-electron chi connectivity index (χ3n) is 7.26. The van der Waals surface area contributed by atoms with Crippen LogP contribution in [0.3, 0.4) is 0 Å². The van der Waals surface area contributed by atoms with Crippen molar-refractivity contribution in [3.8, 4) is 0 Å². The van der Waals surface area contributed by atoms with Crippen LogP contribution >= 0.6 is 0 Å². The molecule has 1 aromatic carbocycles. The van der Waals surface area contributed by atoms with Gasteiger partial charge in [-0.2, -0.15) is 0 Å². The number of imidazole rings is 1. The molecule has 2 N–H and O–H groups in total. The number of allylic oxidation sites excluding steroid dienone is 1. The number of hydrogen-bond donors (Lipinski definition) is 2. The summed E-state index contributed by atoms with van der Waals surface area (Å²) in [5.74, 6) is 1.99. The van der Waals surface area contributed by atoms with Crippen molar-refractivity contribution in [3.05, 3.63) is 53.7 Å². The molecule has 192 valence electrons. The first kappa shape index (κ1) is 24.8. The van der Waals surface area contributed by atoms with E-state index in [9.17, 15) is 4.79 Å². The summed E-state index contributed by atoms with van der Waals surface area (Å²) in [6, 6.07) is 10.3. The largest absolute Gasteiger partial charge is 0.340 e. The number of pyridine rings is 1. The molecule has 3 heterocycles. The van der Waals surface area contributed by atoms with E-state index in [4.69, 9.17) is 0 Å². The minimum absolute atomic E-state index is 0.228. The molecule has 1 aliphatic heterocycles. The van der Waals surface area contributed by atoms with Crippen LogP contribution in [-0.4, -0.2) is 76.3 Å². The summed E-state index contributed by atoms with van der Waals surface area (Å²) in [5, 5.41) is 3.32. The van der Waals surface area contributed by atoms with Gasteiger partial charge in [-0.3, -0.25) is 19.7 Å². The molecule has 0 bridgehead atoms. The van der Waals surface area contributed by atoms with Crippen molar-refractivity contribution < 1.29 is 4.79 Å². The lowest BCUT2D eigenvalue weighted by Gasteiger charge is -2.38. The zero-order valence-corrected chi connectivity index (χ0v) is 21.7. The van der Waals surface area contributed by atoms with Crippen molar-refractivity contribution in [2.24, 2.45) is 15.9 Å². The van der Waals surface area contributed by atoms with Gasteiger partial charge in [-0.25, -0.2) is 9.97 Å². The Morgan fingerprint density at radius 1 is 1.22 bits per heavy atom. The fourth-order valence-corrected chi connectivity index (χ4v) is 4.74. The van der Waals surface area contributed by atoms with Crippen LogP contribution in [0.5, 0.6) is 0 Å². The highest BCUT2D eigenvalue weighted by Gasteiger charge is 2.35. The minimum atomic E-state index is 0.228. The Balaban J connectivity index is 1.27. The number of H-pyrrole nitrogens is 1. The van der Waals surface area contributed by atoms with Crippen LogP contribution in [0.1, 0.15) is 43.9 Å². The Morgan fingerprint density at radius 2 is 2.00 bits per heavy atom. The van der Waals surface area contributed by atoms with Gasteiger partial charge in [0.15, 0.2) is 0 Å². The van der Waals surface area contributed by atoms with Crippen molar-refractivity contribution in [2.75, 3.05) is 38.5 Å². The number of benzene rings is 1. The third kappa shape index (κ3) is 5.61. The molecule has 37 heavy (non-hydrogen) atoms. The number of anilines is 2. The summed E-state index contributed by atoms with van der Waals surface area (Å²) in [4.78, 5) is 37.7. The summed E-state index contributed by atoms with van der Waals surface area (Å²) in [6.07, 6.45) is 5.86. The Kier molecular flexibility index (Phi) is 7.14. The molecule has 1 saturated heterocycles. The molecule has 2 aliphatic rings. The van der Waals surface area contributed by atoms with Crippen molar-refractivity contribution in [1.82, 2.24) is 24.8 Å². The fourth-order valence-electron chi connectivity index (χ4n) is 4.74. The summed E-state index contributed by atoms with van der Waals surface area (Å²) < 4.78 is 0. The van der Waals surface area contributed by atoms with Gasteiger partial charge in [0.25, 0.3) is 0 Å². The third-order valence-corrected chi connectivity index (χ3v) is 7.26. The topological polar surface area (TPSA) is 102 Å². The molecule has 1 atom stereocenters. The van der Waals surface area contributed by atoms with Gasteiger partial charge in [0, 0.05) is 62.7 Å². The van der Waals surface area contributed by atoms with E-state index in [1.165, 1.54) is 5.56 Å². The Hall–Kier alpha value is -3.85. The van der Waals surface area contributed by atoms with Crippen LogP contribution in [0.25, 0.3) is 16.7 Å². The van der Waals surface area contributed by atoms with Gasteiger partial charge in [0.05, 0.1) is 16.7 Å². The van der Waals surface area contributed by atoms with Gasteiger partial charge in [0.2, 0.25) is 11.9 Å².